The number of thioether (sulfide) groups is 1. The molecule has 0 spiro atoms. The molecular formula is C16H30N2O2S. The Hall–Kier alpha value is -0.710. The summed E-state index contributed by atoms with van der Waals surface area (Å²) in [6.07, 6.45) is 3.43. The zero-order valence-corrected chi connectivity index (χ0v) is 14.9. The lowest BCUT2D eigenvalue weighted by Crippen LogP contribution is -2.50. The Morgan fingerprint density at radius 3 is 2.57 bits per heavy atom. The van der Waals surface area contributed by atoms with Crippen molar-refractivity contribution in [3.63, 3.8) is 0 Å². The van der Waals surface area contributed by atoms with Crippen molar-refractivity contribution in [2.24, 2.45) is 5.41 Å². The average molecular weight is 314 g/mol. The summed E-state index contributed by atoms with van der Waals surface area (Å²) in [6.45, 7) is 11.2. The summed E-state index contributed by atoms with van der Waals surface area (Å²) in [5, 5.41) is 3.38. The normalized spacial score (nSPS) is 21.6. The van der Waals surface area contributed by atoms with Gasteiger partial charge in [0.05, 0.1) is 0 Å². The maximum absolute atomic E-state index is 12.6. The van der Waals surface area contributed by atoms with E-state index < -0.39 is 11.5 Å². The second-order valence-corrected chi connectivity index (χ2v) is 8.38. The van der Waals surface area contributed by atoms with E-state index in [1.54, 1.807) is 6.92 Å². The van der Waals surface area contributed by atoms with E-state index in [0.29, 0.717) is 5.25 Å². The van der Waals surface area contributed by atoms with Gasteiger partial charge in [0.2, 0.25) is 11.8 Å². The average Bonchev–Trinajstić information content (AvgIpc) is 2.62. The highest BCUT2D eigenvalue weighted by Crippen LogP contribution is 2.22. The highest BCUT2D eigenvalue weighted by molar-refractivity contribution is 7.99. The van der Waals surface area contributed by atoms with Crippen LogP contribution in [0.1, 0.15) is 53.9 Å². The van der Waals surface area contributed by atoms with Crippen LogP contribution in [-0.2, 0) is 9.59 Å². The van der Waals surface area contributed by atoms with Crippen LogP contribution in [0.5, 0.6) is 0 Å². The Balaban J connectivity index is 2.61. The highest BCUT2D eigenvalue weighted by Gasteiger charge is 2.29. The van der Waals surface area contributed by atoms with Gasteiger partial charge in [0.25, 0.3) is 0 Å². The summed E-state index contributed by atoms with van der Waals surface area (Å²) in [5.74, 6) is 1.07. The van der Waals surface area contributed by atoms with Gasteiger partial charge in [-0.1, -0.05) is 34.1 Å². The fourth-order valence-electron chi connectivity index (χ4n) is 2.42. The molecule has 2 amide bonds. The van der Waals surface area contributed by atoms with Gasteiger partial charge in [0, 0.05) is 23.8 Å². The molecule has 2 unspecified atom stereocenters. The van der Waals surface area contributed by atoms with Crippen LogP contribution in [0, 0.1) is 5.41 Å². The van der Waals surface area contributed by atoms with E-state index in [1.165, 1.54) is 12.8 Å². The van der Waals surface area contributed by atoms with Gasteiger partial charge in [-0.3, -0.25) is 9.59 Å². The van der Waals surface area contributed by atoms with Crippen molar-refractivity contribution in [3.8, 4) is 0 Å². The maximum atomic E-state index is 12.6. The Bertz CT molecular complexity index is 366. The second-order valence-electron chi connectivity index (χ2n) is 6.80. The first-order valence-corrected chi connectivity index (χ1v) is 9.02. The molecule has 122 valence electrons. The molecule has 0 aromatic heterocycles. The molecule has 1 fully saturated rings. The molecule has 1 aliphatic rings. The van der Waals surface area contributed by atoms with E-state index in [9.17, 15) is 9.59 Å². The van der Waals surface area contributed by atoms with Gasteiger partial charge in [0.15, 0.2) is 0 Å². The van der Waals surface area contributed by atoms with Gasteiger partial charge in [-0.15, -0.1) is 0 Å². The summed E-state index contributed by atoms with van der Waals surface area (Å²) >= 11 is 1.94. The van der Waals surface area contributed by atoms with Gasteiger partial charge in [0.1, 0.15) is 6.04 Å². The number of hydrogen-bond acceptors (Lipinski definition) is 3. The number of nitrogens with one attached hydrogen (secondary N) is 1. The molecule has 0 saturated carbocycles. The Morgan fingerprint density at radius 1 is 1.33 bits per heavy atom. The zero-order valence-electron chi connectivity index (χ0n) is 14.1. The minimum Gasteiger partial charge on any atom is -0.344 e. The summed E-state index contributed by atoms with van der Waals surface area (Å²) in [5.41, 5.74) is -0.464. The minimum atomic E-state index is -0.464. The van der Waals surface area contributed by atoms with Crippen LogP contribution < -0.4 is 5.32 Å². The highest BCUT2D eigenvalue weighted by atomic mass is 32.2. The Labute approximate surface area is 133 Å². The van der Waals surface area contributed by atoms with Crippen LogP contribution in [0.15, 0.2) is 0 Å². The van der Waals surface area contributed by atoms with Crippen molar-refractivity contribution in [3.05, 3.63) is 0 Å². The summed E-state index contributed by atoms with van der Waals surface area (Å²) in [7, 11) is 0. The maximum Gasteiger partial charge on any atom is 0.244 e. The van der Waals surface area contributed by atoms with E-state index >= 15 is 0 Å². The fraction of sp³-hybridized carbons (Fsp3) is 0.875. The van der Waals surface area contributed by atoms with Crippen LogP contribution in [0.3, 0.4) is 0 Å². The van der Waals surface area contributed by atoms with Crippen molar-refractivity contribution < 1.29 is 9.59 Å². The number of likely N-dealkylation sites (tertiary alicyclic amines) is 1. The molecule has 0 radical (unpaired) electrons. The van der Waals surface area contributed by atoms with Gasteiger partial charge in [-0.25, -0.2) is 0 Å². The van der Waals surface area contributed by atoms with E-state index in [1.807, 2.05) is 37.4 Å². The van der Waals surface area contributed by atoms with E-state index in [4.69, 9.17) is 0 Å². The molecular weight excluding hydrogens is 284 g/mol. The molecule has 5 heteroatoms. The first kappa shape index (κ1) is 18.3. The lowest BCUT2D eigenvalue weighted by molar-refractivity contribution is -0.138. The molecule has 1 rings (SSSR count). The second kappa shape index (κ2) is 8.06. The molecule has 1 saturated heterocycles. The fourth-order valence-corrected chi connectivity index (χ4v) is 3.51. The third-order valence-corrected chi connectivity index (χ3v) is 4.93. The van der Waals surface area contributed by atoms with Crippen LogP contribution >= 0.6 is 11.8 Å². The smallest absolute Gasteiger partial charge is 0.244 e. The van der Waals surface area contributed by atoms with Gasteiger partial charge in [-0.2, -0.15) is 11.8 Å². The molecule has 2 atom stereocenters. The monoisotopic (exact) mass is 314 g/mol. The molecule has 0 aromatic carbocycles. The molecule has 21 heavy (non-hydrogen) atoms. The van der Waals surface area contributed by atoms with Gasteiger partial charge < -0.3 is 10.2 Å². The third-order valence-electron chi connectivity index (χ3n) is 3.74. The van der Waals surface area contributed by atoms with Crippen LogP contribution in [0.2, 0.25) is 0 Å². The SMILES string of the molecule is CCSC1CCCCN(C(=O)C(C)NC(=O)C(C)(C)C)C1. The molecule has 0 aromatic rings. The molecule has 1 heterocycles. The van der Waals surface area contributed by atoms with Crippen molar-refractivity contribution in [2.45, 2.75) is 65.2 Å². The quantitative estimate of drug-likeness (QED) is 0.868. The van der Waals surface area contributed by atoms with Crippen molar-refractivity contribution in [1.82, 2.24) is 10.2 Å². The van der Waals surface area contributed by atoms with Gasteiger partial charge >= 0.3 is 0 Å². The van der Waals surface area contributed by atoms with Crippen LogP contribution in [-0.4, -0.2) is 46.8 Å². The Morgan fingerprint density at radius 2 is 2.00 bits per heavy atom. The van der Waals surface area contributed by atoms with Crippen LogP contribution in [0.4, 0.5) is 0 Å². The predicted molar refractivity (Wildman–Crippen MR) is 89.4 cm³/mol. The number of carbonyl (C=O) groups excluding carboxylic acids is 2. The number of rotatable bonds is 4. The predicted octanol–water partition coefficient (Wildman–Crippen LogP) is 2.67. The van der Waals surface area contributed by atoms with Gasteiger partial charge in [-0.05, 0) is 25.5 Å². The number of carbonyl (C=O) groups is 2. The summed E-state index contributed by atoms with van der Waals surface area (Å²) in [4.78, 5) is 26.5. The minimum absolute atomic E-state index is 0.0520. The molecule has 0 bridgehead atoms. The first-order chi connectivity index (χ1) is 9.75. The largest absolute Gasteiger partial charge is 0.344 e. The molecule has 1 aliphatic heterocycles. The van der Waals surface area contributed by atoms with E-state index in [-0.39, 0.29) is 11.8 Å². The van der Waals surface area contributed by atoms with Crippen molar-refractivity contribution >= 4 is 23.6 Å². The molecule has 4 nitrogen and oxygen atoms in total. The third kappa shape index (κ3) is 5.89. The number of hydrogen-bond donors (Lipinski definition) is 1. The summed E-state index contributed by atoms with van der Waals surface area (Å²) in [6, 6.07) is -0.442. The zero-order chi connectivity index (χ0) is 16.0. The molecule has 1 N–H and O–H groups in total. The Kier molecular flexibility index (Phi) is 7.04. The number of amides is 2. The van der Waals surface area contributed by atoms with Crippen molar-refractivity contribution in [1.29, 1.82) is 0 Å². The van der Waals surface area contributed by atoms with Crippen LogP contribution in [0.25, 0.3) is 0 Å². The lowest BCUT2D eigenvalue weighted by Gasteiger charge is -2.28. The topological polar surface area (TPSA) is 49.4 Å². The standard InChI is InChI=1S/C16H30N2O2S/c1-6-21-13-9-7-8-10-18(11-13)14(19)12(2)17-15(20)16(3,4)5/h12-13H,6-11H2,1-5H3,(H,17,20). The number of nitrogens with zero attached hydrogens (tertiary/aromatic N) is 1. The first-order valence-electron chi connectivity index (χ1n) is 7.97. The van der Waals surface area contributed by atoms with E-state index in [0.717, 1.165) is 25.3 Å². The summed E-state index contributed by atoms with van der Waals surface area (Å²) < 4.78 is 0. The van der Waals surface area contributed by atoms with E-state index in [2.05, 4.69) is 12.2 Å². The molecule has 0 aliphatic carbocycles. The lowest BCUT2D eigenvalue weighted by atomic mass is 9.95. The van der Waals surface area contributed by atoms with Crippen molar-refractivity contribution in [2.75, 3.05) is 18.8 Å².